The van der Waals surface area contributed by atoms with Crippen molar-refractivity contribution in [3.8, 4) is 0 Å². The highest BCUT2D eigenvalue weighted by Gasteiger charge is 2.26. The molecule has 0 aliphatic carbocycles. The quantitative estimate of drug-likeness (QED) is 0.598. The summed E-state index contributed by atoms with van der Waals surface area (Å²) in [5.74, 6) is 1.16. The maximum Gasteiger partial charge on any atom is 0.230 e. The number of piperidine rings is 1. The number of thioether (sulfide) groups is 1. The molecule has 3 rings (SSSR count). The minimum absolute atomic E-state index is 0.00513. The van der Waals surface area contributed by atoms with Crippen LogP contribution in [0.4, 0.5) is 5.82 Å². The van der Waals surface area contributed by atoms with E-state index < -0.39 is 0 Å². The molecule has 1 aromatic carbocycles. The van der Waals surface area contributed by atoms with Crippen LogP contribution < -0.4 is 15.5 Å². The summed E-state index contributed by atoms with van der Waals surface area (Å²) >= 11 is 1.37. The van der Waals surface area contributed by atoms with E-state index in [-0.39, 0.29) is 17.7 Å². The number of nitrogens with one attached hydrogen (secondary N) is 2. The molecule has 1 aliphatic heterocycles. The first kappa shape index (κ1) is 22.1. The van der Waals surface area contributed by atoms with Crippen LogP contribution in [0, 0.1) is 5.92 Å². The number of anilines is 1. The third-order valence-electron chi connectivity index (χ3n) is 4.98. The third kappa shape index (κ3) is 6.73. The second-order valence-corrected chi connectivity index (χ2v) is 8.35. The molecule has 7 nitrogen and oxygen atoms in total. The van der Waals surface area contributed by atoms with E-state index in [2.05, 4.69) is 32.7 Å². The molecule has 0 spiro atoms. The molecule has 8 heteroatoms. The van der Waals surface area contributed by atoms with Gasteiger partial charge in [0.15, 0.2) is 5.82 Å². The third-order valence-corrected chi connectivity index (χ3v) is 5.90. The minimum Gasteiger partial charge on any atom is -0.356 e. The van der Waals surface area contributed by atoms with E-state index in [9.17, 15) is 9.59 Å². The standard InChI is InChI=1S/C22H29N5O2S/c1-2-12-23-22(29)18-9-6-13-27(15-18)19-10-11-21(26-25-19)30-16-20(28)24-14-17-7-4-3-5-8-17/h3-5,7-8,10-11,18H,2,6,9,12-16H2,1H3,(H,23,29)(H,24,28)/t18-/m1/s1. The van der Waals surface area contributed by atoms with E-state index in [0.717, 1.165) is 43.7 Å². The van der Waals surface area contributed by atoms with Gasteiger partial charge in [-0.2, -0.15) is 0 Å². The highest BCUT2D eigenvalue weighted by molar-refractivity contribution is 7.99. The van der Waals surface area contributed by atoms with Crippen LogP contribution in [0.3, 0.4) is 0 Å². The molecule has 0 saturated carbocycles. The van der Waals surface area contributed by atoms with Gasteiger partial charge in [0.2, 0.25) is 11.8 Å². The number of carbonyl (C=O) groups excluding carboxylic acids is 2. The summed E-state index contributed by atoms with van der Waals surface area (Å²) in [5, 5.41) is 15.2. The van der Waals surface area contributed by atoms with E-state index >= 15 is 0 Å². The topological polar surface area (TPSA) is 87.2 Å². The van der Waals surface area contributed by atoms with E-state index in [1.165, 1.54) is 11.8 Å². The smallest absolute Gasteiger partial charge is 0.230 e. The van der Waals surface area contributed by atoms with Crippen molar-refractivity contribution in [2.45, 2.75) is 37.8 Å². The fraction of sp³-hybridized carbons (Fsp3) is 0.455. The predicted octanol–water partition coefficient (Wildman–Crippen LogP) is 2.63. The van der Waals surface area contributed by atoms with Gasteiger partial charge in [0.1, 0.15) is 5.03 Å². The highest BCUT2D eigenvalue weighted by Crippen LogP contribution is 2.23. The number of benzene rings is 1. The Balaban J connectivity index is 1.45. The van der Waals surface area contributed by atoms with Gasteiger partial charge in [0.05, 0.1) is 11.7 Å². The van der Waals surface area contributed by atoms with E-state index in [1.807, 2.05) is 42.5 Å². The number of hydrogen-bond acceptors (Lipinski definition) is 6. The summed E-state index contributed by atoms with van der Waals surface area (Å²) in [5.41, 5.74) is 1.07. The Bertz CT molecular complexity index is 816. The molecule has 1 aliphatic rings. The first-order chi connectivity index (χ1) is 14.7. The summed E-state index contributed by atoms with van der Waals surface area (Å²) in [6.45, 7) is 4.83. The fourth-order valence-corrected chi connectivity index (χ4v) is 3.98. The van der Waals surface area contributed by atoms with Crippen molar-refractivity contribution in [2.24, 2.45) is 5.92 Å². The molecule has 2 aromatic rings. The molecule has 160 valence electrons. The van der Waals surface area contributed by atoms with Crippen LogP contribution in [0.5, 0.6) is 0 Å². The summed E-state index contributed by atoms with van der Waals surface area (Å²) in [7, 11) is 0. The van der Waals surface area contributed by atoms with Crippen LogP contribution >= 0.6 is 11.8 Å². The van der Waals surface area contributed by atoms with E-state index in [4.69, 9.17) is 0 Å². The van der Waals surface area contributed by atoms with Crippen LogP contribution in [-0.4, -0.2) is 47.4 Å². The minimum atomic E-state index is -0.0355. The number of hydrogen-bond donors (Lipinski definition) is 2. The van der Waals surface area contributed by atoms with Crippen molar-refractivity contribution >= 4 is 29.4 Å². The van der Waals surface area contributed by atoms with Crippen molar-refractivity contribution in [1.29, 1.82) is 0 Å². The fourth-order valence-electron chi connectivity index (χ4n) is 3.34. The Labute approximate surface area is 182 Å². The highest BCUT2D eigenvalue weighted by atomic mass is 32.2. The van der Waals surface area contributed by atoms with Crippen molar-refractivity contribution in [3.63, 3.8) is 0 Å². The van der Waals surface area contributed by atoms with Gasteiger partial charge >= 0.3 is 0 Å². The predicted molar refractivity (Wildman–Crippen MR) is 119 cm³/mol. The molecule has 0 unspecified atom stereocenters. The number of nitrogens with zero attached hydrogens (tertiary/aromatic N) is 3. The maximum atomic E-state index is 12.3. The molecule has 2 heterocycles. The Kier molecular flexibility index (Phi) is 8.50. The molecule has 1 atom stereocenters. The molecule has 30 heavy (non-hydrogen) atoms. The SMILES string of the molecule is CCCNC(=O)[C@@H]1CCCN(c2ccc(SCC(=O)NCc3ccccc3)nn2)C1. The van der Waals surface area contributed by atoms with Gasteiger partial charge in [-0.05, 0) is 37.0 Å². The van der Waals surface area contributed by atoms with Gasteiger partial charge in [-0.1, -0.05) is 49.0 Å². The molecular weight excluding hydrogens is 398 g/mol. The second kappa shape index (κ2) is 11.5. The Morgan fingerprint density at radius 2 is 1.97 bits per heavy atom. The average molecular weight is 428 g/mol. The molecule has 0 radical (unpaired) electrons. The number of amides is 2. The van der Waals surface area contributed by atoms with Crippen LogP contribution in [0.25, 0.3) is 0 Å². The number of rotatable bonds is 9. The summed E-state index contributed by atoms with van der Waals surface area (Å²) in [4.78, 5) is 26.4. The van der Waals surface area contributed by atoms with Gasteiger partial charge in [-0.3, -0.25) is 9.59 Å². The number of aromatic nitrogens is 2. The first-order valence-corrected chi connectivity index (χ1v) is 11.4. The van der Waals surface area contributed by atoms with Crippen molar-refractivity contribution in [1.82, 2.24) is 20.8 Å². The van der Waals surface area contributed by atoms with E-state index in [1.54, 1.807) is 0 Å². The molecule has 0 bridgehead atoms. The van der Waals surface area contributed by atoms with E-state index in [0.29, 0.717) is 23.9 Å². The lowest BCUT2D eigenvalue weighted by Crippen LogP contribution is -2.43. The monoisotopic (exact) mass is 427 g/mol. The van der Waals surface area contributed by atoms with Gasteiger partial charge in [-0.25, -0.2) is 0 Å². The molecule has 1 saturated heterocycles. The lowest BCUT2D eigenvalue weighted by atomic mass is 9.97. The Morgan fingerprint density at radius 1 is 1.13 bits per heavy atom. The summed E-state index contributed by atoms with van der Waals surface area (Å²) < 4.78 is 0. The largest absolute Gasteiger partial charge is 0.356 e. The zero-order chi connectivity index (χ0) is 21.2. The molecule has 2 amide bonds. The van der Waals surface area contributed by atoms with Gasteiger partial charge in [0.25, 0.3) is 0 Å². The lowest BCUT2D eigenvalue weighted by molar-refractivity contribution is -0.125. The van der Waals surface area contributed by atoms with Gasteiger partial charge in [-0.15, -0.1) is 10.2 Å². The summed E-state index contributed by atoms with van der Waals surface area (Å²) in [6.07, 6.45) is 2.81. The Morgan fingerprint density at radius 3 is 2.70 bits per heavy atom. The van der Waals surface area contributed by atoms with Crippen molar-refractivity contribution in [2.75, 3.05) is 30.3 Å². The van der Waals surface area contributed by atoms with Crippen LogP contribution in [0.15, 0.2) is 47.5 Å². The van der Waals surface area contributed by atoms with Crippen molar-refractivity contribution in [3.05, 3.63) is 48.0 Å². The second-order valence-electron chi connectivity index (χ2n) is 7.36. The average Bonchev–Trinajstić information content (AvgIpc) is 2.81. The van der Waals surface area contributed by atoms with Gasteiger partial charge in [0, 0.05) is 26.2 Å². The van der Waals surface area contributed by atoms with Crippen molar-refractivity contribution < 1.29 is 9.59 Å². The molecule has 1 fully saturated rings. The molecule has 1 aromatic heterocycles. The lowest BCUT2D eigenvalue weighted by Gasteiger charge is -2.32. The maximum absolute atomic E-state index is 12.3. The number of carbonyl (C=O) groups is 2. The normalized spacial score (nSPS) is 16.2. The van der Waals surface area contributed by atoms with Gasteiger partial charge < -0.3 is 15.5 Å². The Hall–Kier alpha value is -2.61. The van der Waals surface area contributed by atoms with Crippen LogP contribution in [0.1, 0.15) is 31.7 Å². The molecular formula is C22H29N5O2S. The first-order valence-electron chi connectivity index (χ1n) is 10.5. The van der Waals surface area contributed by atoms with Crippen LogP contribution in [0.2, 0.25) is 0 Å². The van der Waals surface area contributed by atoms with Crippen LogP contribution in [-0.2, 0) is 16.1 Å². The summed E-state index contributed by atoms with van der Waals surface area (Å²) in [6, 6.07) is 13.6. The zero-order valence-corrected chi connectivity index (χ0v) is 18.2. The zero-order valence-electron chi connectivity index (χ0n) is 17.3. The molecule has 2 N–H and O–H groups in total.